The zero-order valence-corrected chi connectivity index (χ0v) is 15.8. The normalized spacial score (nSPS) is 14.8. The number of carbonyl (C=O) groups is 2. The van der Waals surface area contributed by atoms with E-state index in [9.17, 15) is 9.59 Å². The molecule has 0 bridgehead atoms. The van der Waals surface area contributed by atoms with Crippen molar-refractivity contribution in [2.75, 3.05) is 26.2 Å². The number of carbonyl (C=O) groups excluding carboxylic acids is 2. The first-order chi connectivity index (χ1) is 12.5. The number of amides is 2. The van der Waals surface area contributed by atoms with Crippen LogP contribution in [-0.2, 0) is 11.2 Å². The van der Waals surface area contributed by atoms with Crippen molar-refractivity contribution in [2.24, 2.45) is 0 Å². The van der Waals surface area contributed by atoms with Gasteiger partial charge in [0, 0.05) is 38.6 Å². The summed E-state index contributed by atoms with van der Waals surface area (Å²) in [6.07, 6.45) is 3.89. The Labute approximate surface area is 155 Å². The maximum atomic E-state index is 12.7. The average molecular weight is 353 g/mol. The van der Waals surface area contributed by atoms with Crippen molar-refractivity contribution in [1.29, 1.82) is 0 Å². The van der Waals surface area contributed by atoms with E-state index in [1.165, 1.54) is 5.56 Å². The standard InChI is InChI=1S/C21H27N3O2/c1-15(2)17-5-4-16(3)19(12-17)13-20(25)23-8-10-24(11-9-23)21(26)18-6-7-22-14-18/h4-7,12,14-15,22H,8-11,13H2,1-3H3. The Morgan fingerprint density at radius 3 is 2.38 bits per heavy atom. The van der Waals surface area contributed by atoms with Crippen LogP contribution >= 0.6 is 0 Å². The summed E-state index contributed by atoms with van der Waals surface area (Å²) >= 11 is 0. The molecule has 0 radical (unpaired) electrons. The van der Waals surface area contributed by atoms with Gasteiger partial charge in [-0.05, 0) is 35.6 Å². The molecule has 1 aliphatic heterocycles. The second-order valence-electron chi connectivity index (χ2n) is 7.29. The van der Waals surface area contributed by atoms with E-state index in [0.29, 0.717) is 44.1 Å². The van der Waals surface area contributed by atoms with Gasteiger partial charge in [0.05, 0.1) is 12.0 Å². The Kier molecular flexibility index (Phi) is 5.45. The molecule has 0 atom stereocenters. The maximum Gasteiger partial charge on any atom is 0.255 e. The highest BCUT2D eigenvalue weighted by molar-refractivity contribution is 5.94. The van der Waals surface area contributed by atoms with Gasteiger partial charge in [0.2, 0.25) is 5.91 Å². The second kappa shape index (κ2) is 7.77. The number of hydrogen-bond acceptors (Lipinski definition) is 2. The molecular weight excluding hydrogens is 326 g/mol. The van der Waals surface area contributed by atoms with E-state index in [-0.39, 0.29) is 11.8 Å². The minimum atomic E-state index is 0.0267. The molecule has 2 amide bonds. The van der Waals surface area contributed by atoms with Crippen molar-refractivity contribution in [2.45, 2.75) is 33.1 Å². The summed E-state index contributed by atoms with van der Waals surface area (Å²) in [6.45, 7) is 8.74. The first-order valence-electron chi connectivity index (χ1n) is 9.25. The van der Waals surface area contributed by atoms with E-state index >= 15 is 0 Å². The molecule has 0 unspecified atom stereocenters. The van der Waals surface area contributed by atoms with Gasteiger partial charge in [0.15, 0.2) is 0 Å². The molecular formula is C21H27N3O2. The number of nitrogens with one attached hydrogen (secondary N) is 1. The van der Waals surface area contributed by atoms with Crippen LogP contribution in [0.15, 0.2) is 36.7 Å². The Balaban J connectivity index is 1.59. The van der Waals surface area contributed by atoms with Gasteiger partial charge in [-0.1, -0.05) is 32.0 Å². The summed E-state index contributed by atoms with van der Waals surface area (Å²) in [7, 11) is 0. The Hall–Kier alpha value is -2.56. The minimum Gasteiger partial charge on any atom is -0.367 e. The molecule has 1 aromatic carbocycles. The van der Waals surface area contributed by atoms with Crippen molar-refractivity contribution in [3.63, 3.8) is 0 Å². The van der Waals surface area contributed by atoms with E-state index in [1.807, 2.05) is 9.80 Å². The van der Waals surface area contributed by atoms with E-state index in [0.717, 1.165) is 11.1 Å². The predicted octanol–water partition coefficient (Wildman–Crippen LogP) is 2.97. The first-order valence-corrected chi connectivity index (χ1v) is 9.25. The van der Waals surface area contributed by atoms with Gasteiger partial charge in [-0.15, -0.1) is 0 Å². The lowest BCUT2D eigenvalue weighted by Crippen LogP contribution is -2.51. The Morgan fingerprint density at radius 2 is 1.77 bits per heavy atom. The highest BCUT2D eigenvalue weighted by Crippen LogP contribution is 2.20. The second-order valence-corrected chi connectivity index (χ2v) is 7.29. The molecule has 2 aromatic rings. The lowest BCUT2D eigenvalue weighted by atomic mass is 9.96. The third-order valence-electron chi connectivity index (χ3n) is 5.15. The number of piperazine rings is 1. The van der Waals surface area contributed by atoms with Crippen molar-refractivity contribution in [1.82, 2.24) is 14.8 Å². The van der Waals surface area contributed by atoms with Gasteiger partial charge >= 0.3 is 0 Å². The fourth-order valence-corrected chi connectivity index (χ4v) is 3.31. The summed E-state index contributed by atoms with van der Waals surface area (Å²) in [6, 6.07) is 8.18. The monoisotopic (exact) mass is 353 g/mol. The molecule has 3 rings (SSSR count). The number of aromatic nitrogens is 1. The molecule has 0 aliphatic carbocycles. The summed E-state index contributed by atoms with van der Waals surface area (Å²) < 4.78 is 0. The van der Waals surface area contributed by atoms with Gasteiger partial charge in [-0.25, -0.2) is 0 Å². The molecule has 5 nitrogen and oxygen atoms in total. The van der Waals surface area contributed by atoms with Gasteiger partial charge in [0.1, 0.15) is 0 Å². The van der Waals surface area contributed by atoms with E-state index in [1.54, 1.807) is 18.5 Å². The number of hydrogen-bond donors (Lipinski definition) is 1. The maximum absolute atomic E-state index is 12.7. The van der Waals surface area contributed by atoms with Crippen LogP contribution in [0.5, 0.6) is 0 Å². The van der Waals surface area contributed by atoms with Gasteiger partial charge < -0.3 is 14.8 Å². The Morgan fingerprint density at radius 1 is 1.08 bits per heavy atom. The number of rotatable bonds is 4. The minimum absolute atomic E-state index is 0.0267. The average Bonchev–Trinajstić information content (AvgIpc) is 3.17. The van der Waals surface area contributed by atoms with Crippen LogP contribution in [0.3, 0.4) is 0 Å². The van der Waals surface area contributed by atoms with Crippen LogP contribution in [0.25, 0.3) is 0 Å². The van der Waals surface area contributed by atoms with Crippen molar-refractivity contribution in [3.05, 3.63) is 58.9 Å². The Bertz CT molecular complexity index is 773. The van der Waals surface area contributed by atoms with Crippen molar-refractivity contribution in [3.8, 4) is 0 Å². The van der Waals surface area contributed by atoms with Crippen molar-refractivity contribution < 1.29 is 9.59 Å². The molecule has 1 saturated heterocycles. The number of aromatic amines is 1. The van der Waals surface area contributed by atoms with Crippen LogP contribution in [-0.4, -0.2) is 52.8 Å². The number of H-pyrrole nitrogens is 1. The van der Waals surface area contributed by atoms with Gasteiger partial charge in [0.25, 0.3) is 5.91 Å². The highest BCUT2D eigenvalue weighted by Gasteiger charge is 2.25. The fraction of sp³-hybridized carbons (Fsp3) is 0.429. The van der Waals surface area contributed by atoms with Gasteiger partial charge in [-0.2, -0.15) is 0 Å². The molecule has 1 N–H and O–H groups in total. The zero-order chi connectivity index (χ0) is 18.7. The van der Waals surface area contributed by atoms with Crippen LogP contribution in [0.2, 0.25) is 0 Å². The molecule has 2 heterocycles. The van der Waals surface area contributed by atoms with E-state index in [2.05, 4.69) is 44.0 Å². The SMILES string of the molecule is Cc1ccc(C(C)C)cc1CC(=O)N1CCN(C(=O)c2cc[nH]c2)CC1. The summed E-state index contributed by atoms with van der Waals surface area (Å²) in [4.78, 5) is 31.7. The van der Waals surface area contributed by atoms with Crippen LogP contribution in [0.1, 0.15) is 46.8 Å². The first kappa shape index (κ1) is 18.2. The van der Waals surface area contributed by atoms with Crippen molar-refractivity contribution >= 4 is 11.8 Å². The molecule has 138 valence electrons. The van der Waals surface area contributed by atoms with Gasteiger partial charge in [-0.3, -0.25) is 9.59 Å². The molecule has 5 heteroatoms. The number of nitrogens with zero attached hydrogens (tertiary/aromatic N) is 2. The van der Waals surface area contributed by atoms with E-state index < -0.39 is 0 Å². The third-order valence-corrected chi connectivity index (χ3v) is 5.15. The van der Waals surface area contributed by atoms with Crippen LogP contribution < -0.4 is 0 Å². The fourth-order valence-electron chi connectivity index (χ4n) is 3.31. The number of benzene rings is 1. The largest absolute Gasteiger partial charge is 0.367 e. The molecule has 0 saturated carbocycles. The smallest absolute Gasteiger partial charge is 0.255 e. The molecule has 1 fully saturated rings. The third kappa shape index (κ3) is 3.98. The summed E-state index contributed by atoms with van der Waals surface area (Å²) in [5.41, 5.74) is 4.20. The number of aryl methyl sites for hydroxylation is 1. The van der Waals surface area contributed by atoms with Crippen LogP contribution in [0.4, 0.5) is 0 Å². The predicted molar refractivity (Wildman–Crippen MR) is 102 cm³/mol. The van der Waals surface area contributed by atoms with Crippen LogP contribution in [0, 0.1) is 6.92 Å². The molecule has 1 aromatic heterocycles. The highest BCUT2D eigenvalue weighted by atomic mass is 16.2. The quantitative estimate of drug-likeness (QED) is 0.919. The summed E-state index contributed by atoms with van der Waals surface area (Å²) in [5.74, 6) is 0.619. The lowest BCUT2D eigenvalue weighted by Gasteiger charge is -2.34. The van der Waals surface area contributed by atoms with E-state index in [4.69, 9.17) is 0 Å². The summed E-state index contributed by atoms with van der Waals surface area (Å²) in [5, 5.41) is 0. The molecule has 1 aliphatic rings. The lowest BCUT2D eigenvalue weighted by molar-refractivity contribution is -0.131. The topological polar surface area (TPSA) is 56.4 Å². The molecule has 26 heavy (non-hydrogen) atoms. The zero-order valence-electron chi connectivity index (χ0n) is 15.8. The molecule has 0 spiro atoms.